The molecule has 0 aliphatic carbocycles. The number of hydrogen-bond donors (Lipinski definition) is 1. The number of thioether (sulfide) groups is 1. The molecule has 0 bridgehead atoms. The minimum atomic E-state index is -0.337. The van der Waals surface area contributed by atoms with Gasteiger partial charge < -0.3 is 5.32 Å². The molecule has 0 saturated carbocycles. The van der Waals surface area contributed by atoms with E-state index < -0.39 is 0 Å². The van der Waals surface area contributed by atoms with Crippen molar-refractivity contribution >= 4 is 17.5 Å². The number of Topliss-reactive ketones (excluding diaryl/α,β-unsaturated/α-hetero) is 1. The molecule has 1 aliphatic heterocycles. The van der Waals surface area contributed by atoms with Gasteiger partial charge in [-0.15, -0.1) is 11.8 Å². The van der Waals surface area contributed by atoms with Crippen molar-refractivity contribution in [1.82, 2.24) is 10.3 Å². The molecular weight excluding hydrogens is 306 g/mol. The number of nitrogens with zero attached hydrogens (tertiary/aromatic N) is 2. The molecule has 23 heavy (non-hydrogen) atoms. The number of unbranched alkanes of at least 4 members (excludes halogenated alkanes) is 1. The van der Waals surface area contributed by atoms with Crippen LogP contribution in [-0.2, 0) is 4.79 Å². The molecule has 0 radical (unpaired) electrons. The van der Waals surface area contributed by atoms with Crippen molar-refractivity contribution in [1.29, 1.82) is 5.26 Å². The van der Waals surface area contributed by atoms with E-state index in [1.165, 1.54) is 0 Å². The third kappa shape index (κ3) is 3.83. The molecule has 0 aromatic carbocycles. The van der Waals surface area contributed by atoms with Gasteiger partial charge >= 0.3 is 0 Å². The first-order chi connectivity index (χ1) is 11.1. The Kier molecular flexibility index (Phi) is 6.00. The van der Waals surface area contributed by atoms with E-state index in [-0.39, 0.29) is 11.7 Å². The Hall–Kier alpha value is -2.06. The molecule has 0 spiro atoms. The number of aromatic nitrogens is 1. The fourth-order valence-corrected chi connectivity index (χ4v) is 3.87. The number of nitriles is 1. The van der Waals surface area contributed by atoms with Crippen LogP contribution in [0.3, 0.4) is 0 Å². The smallest absolute Gasteiger partial charge is 0.158 e. The third-order valence-electron chi connectivity index (χ3n) is 3.79. The molecule has 0 amide bonds. The lowest BCUT2D eigenvalue weighted by Gasteiger charge is -2.29. The van der Waals surface area contributed by atoms with Crippen molar-refractivity contribution in [2.45, 2.75) is 39.5 Å². The van der Waals surface area contributed by atoms with Gasteiger partial charge in [0.1, 0.15) is 0 Å². The van der Waals surface area contributed by atoms with Crippen LogP contribution < -0.4 is 5.32 Å². The van der Waals surface area contributed by atoms with E-state index in [0.29, 0.717) is 11.1 Å². The molecule has 120 valence electrons. The maximum atomic E-state index is 12.2. The summed E-state index contributed by atoms with van der Waals surface area (Å²) in [7, 11) is 0. The van der Waals surface area contributed by atoms with Gasteiger partial charge in [0.05, 0.1) is 22.6 Å². The van der Waals surface area contributed by atoms with E-state index in [9.17, 15) is 10.1 Å². The topological polar surface area (TPSA) is 65.8 Å². The highest BCUT2D eigenvalue weighted by atomic mass is 32.2. The quantitative estimate of drug-likeness (QED) is 0.803. The summed E-state index contributed by atoms with van der Waals surface area (Å²) < 4.78 is 0. The van der Waals surface area contributed by atoms with Crippen LogP contribution in [0.25, 0.3) is 0 Å². The molecular formula is C18H21N3OS. The van der Waals surface area contributed by atoms with Gasteiger partial charge in [-0.1, -0.05) is 19.4 Å². The zero-order valence-corrected chi connectivity index (χ0v) is 14.5. The lowest BCUT2D eigenvalue weighted by atomic mass is 9.81. The Balaban J connectivity index is 2.50. The maximum Gasteiger partial charge on any atom is 0.158 e. The van der Waals surface area contributed by atoms with Crippen LogP contribution in [0.1, 0.15) is 45.1 Å². The number of pyridine rings is 1. The van der Waals surface area contributed by atoms with Gasteiger partial charge in [-0.2, -0.15) is 5.26 Å². The van der Waals surface area contributed by atoms with Gasteiger partial charge in [0, 0.05) is 23.7 Å². The lowest BCUT2D eigenvalue weighted by molar-refractivity contribution is -0.113. The van der Waals surface area contributed by atoms with E-state index in [4.69, 9.17) is 0 Å². The summed E-state index contributed by atoms with van der Waals surface area (Å²) in [6.45, 7) is 5.59. The van der Waals surface area contributed by atoms with Crippen molar-refractivity contribution < 1.29 is 4.79 Å². The highest BCUT2D eigenvalue weighted by Crippen LogP contribution is 2.40. The highest BCUT2D eigenvalue weighted by molar-refractivity contribution is 8.03. The van der Waals surface area contributed by atoms with Crippen LogP contribution in [0.15, 0.2) is 46.4 Å². The van der Waals surface area contributed by atoms with Crippen LogP contribution in [0.2, 0.25) is 0 Å². The van der Waals surface area contributed by atoms with Crippen LogP contribution in [0, 0.1) is 11.3 Å². The first-order valence-electron chi connectivity index (χ1n) is 7.75. The first-order valence-corrected chi connectivity index (χ1v) is 8.74. The molecule has 5 heteroatoms. The minimum Gasteiger partial charge on any atom is -0.353 e. The standard InChI is InChI=1S/C18H21N3OS/c1-4-5-9-23-18-15(10-19)17(14-7-6-8-20-11-14)16(13(3)22)12(2)21-18/h6-8,11,17,21H,4-5,9H2,1-3H3. The average Bonchev–Trinajstić information content (AvgIpc) is 2.55. The van der Waals surface area contributed by atoms with Crippen molar-refractivity contribution in [3.05, 3.63) is 52.0 Å². The Morgan fingerprint density at radius 2 is 2.30 bits per heavy atom. The predicted molar refractivity (Wildman–Crippen MR) is 93.5 cm³/mol. The normalized spacial score (nSPS) is 17.7. The molecule has 1 N–H and O–H groups in total. The summed E-state index contributed by atoms with van der Waals surface area (Å²) in [4.78, 5) is 16.3. The largest absolute Gasteiger partial charge is 0.353 e. The summed E-state index contributed by atoms with van der Waals surface area (Å²) in [5.41, 5.74) is 2.96. The van der Waals surface area contributed by atoms with Crippen LogP contribution in [-0.4, -0.2) is 16.5 Å². The van der Waals surface area contributed by atoms with Crippen LogP contribution in [0.4, 0.5) is 0 Å². The Morgan fingerprint density at radius 3 is 2.87 bits per heavy atom. The minimum absolute atomic E-state index is 0.0192. The first kappa shape index (κ1) is 17.3. The lowest BCUT2D eigenvalue weighted by Crippen LogP contribution is -2.27. The number of ketones is 1. The van der Waals surface area contributed by atoms with Gasteiger partial charge in [-0.05, 0) is 37.7 Å². The van der Waals surface area contributed by atoms with E-state index in [0.717, 1.165) is 34.9 Å². The number of hydrogen-bond acceptors (Lipinski definition) is 5. The summed E-state index contributed by atoms with van der Waals surface area (Å²) in [6, 6.07) is 6.08. The van der Waals surface area contributed by atoms with E-state index in [2.05, 4.69) is 23.3 Å². The predicted octanol–water partition coefficient (Wildman–Crippen LogP) is 3.90. The monoisotopic (exact) mass is 327 g/mol. The summed E-state index contributed by atoms with van der Waals surface area (Å²) in [6.07, 6.45) is 5.63. The van der Waals surface area contributed by atoms with Crippen molar-refractivity contribution in [3.63, 3.8) is 0 Å². The van der Waals surface area contributed by atoms with E-state index in [1.54, 1.807) is 31.1 Å². The number of allylic oxidation sites excluding steroid dienone is 3. The second-order valence-corrected chi connectivity index (χ2v) is 6.60. The van der Waals surface area contributed by atoms with E-state index in [1.807, 2.05) is 19.1 Å². The molecule has 1 aromatic heterocycles. The second-order valence-electron chi connectivity index (χ2n) is 5.50. The fraction of sp³-hybridized carbons (Fsp3) is 0.389. The van der Waals surface area contributed by atoms with E-state index >= 15 is 0 Å². The number of nitrogens with one attached hydrogen (secondary N) is 1. The van der Waals surface area contributed by atoms with Gasteiger partial charge in [0.2, 0.25) is 0 Å². The number of rotatable bonds is 6. The average molecular weight is 327 g/mol. The highest BCUT2D eigenvalue weighted by Gasteiger charge is 2.32. The Labute approximate surface area is 141 Å². The molecule has 0 saturated heterocycles. The fourth-order valence-electron chi connectivity index (χ4n) is 2.69. The van der Waals surface area contributed by atoms with Crippen LogP contribution in [0.5, 0.6) is 0 Å². The molecule has 2 heterocycles. The molecule has 1 atom stereocenters. The molecule has 1 unspecified atom stereocenters. The molecule has 1 aliphatic rings. The maximum absolute atomic E-state index is 12.2. The molecule has 0 fully saturated rings. The van der Waals surface area contributed by atoms with Crippen molar-refractivity contribution in [3.8, 4) is 6.07 Å². The van der Waals surface area contributed by atoms with Gasteiger partial charge in [-0.3, -0.25) is 9.78 Å². The molecule has 2 rings (SSSR count). The number of carbonyl (C=O) groups excluding carboxylic acids is 1. The Morgan fingerprint density at radius 1 is 1.52 bits per heavy atom. The van der Waals surface area contributed by atoms with Crippen molar-refractivity contribution in [2.75, 3.05) is 5.75 Å². The third-order valence-corrected chi connectivity index (χ3v) is 4.89. The molecule has 4 nitrogen and oxygen atoms in total. The van der Waals surface area contributed by atoms with Crippen LogP contribution >= 0.6 is 11.8 Å². The van der Waals surface area contributed by atoms with Gasteiger partial charge in [0.15, 0.2) is 5.78 Å². The SMILES string of the molecule is CCCCSC1=C(C#N)C(c2cccnc2)C(C(C)=O)=C(C)N1. The number of carbonyl (C=O) groups is 1. The van der Waals surface area contributed by atoms with Gasteiger partial charge in [0.25, 0.3) is 0 Å². The zero-order chi connectivity index (χ0) is 16.8. The van der Waals surface area contributed by atoms with Gasteiger partial charge in [-0.25, -0.2) is 0 Å². The van der Waals surface area contributed by atoms with Crippen molar-refractivity contribution in [2.24, 2.45) is 0 Å². The Bertz CT molecular complexity index is 686. The summed E-state index contributed by atoms with van der Waals surface area (Å²) in [5, 5.41) is 13.8. The summed E-state index contributed by atoms with van der Waals surface area (Å²) in [5.74, 6) is 0.595. The summed E-state index contributed by atoms with van der Waals surface area (Å²) >= 11 is 1.65. The zero-order valence-electron chi connectivity index (χ0n) is 13.7. The number of dihydropyridines is 1. The second kappa shape index (κ2) is 7.98. The molecule has 1 aromatic rings.